The van der Waals surface area contributed by atoms with Gasteiger partial charge < -0.3 is 14.8 Å². The number of anilines is 2. The lowest BCUT2D eigenvalue weighted by Gasteiger charge is -2.30. The maximum atomic E-state index is 12.9. The first-order valence-corrected chi connectivity index (χ1v) is 10.8. The maximum absolute atomic E-state index is 12.9. The van der Waals surface area contributed by atoms with E-state index in [0.717, 1.165) is 10.6 Å². The quantitative estimate of drug-likeness (QED) is 0.691. The largest absolute Gasteiger partial charge is 0.497 e. The molecular formula is C20H26N2O5S. The van der Waals surface area contributed by atoms with Crippen LogP contribution in [-0.2, 0) is 14.8 Å². The van der Waals surface area contributed by atoms with Gasteiger partial charge in [0.15, 0.2) is 0 Å². The number of nitrogens with one attached hydrogen (secondary N) is 1. The number of amides is 1. The van der Waals surface area contributed by atoms with Gasteiger partial charge in [-0.25, -0.2) is 8.42 Å². The molecule has 0 radical (unpaired) electrons. The Hall–Kier alpha value is -2.74. The molecule has 0 aromatic heterocycles. The first kappa shape index (κ1) is 21.6. The number of rotatable bonds is 9. The van der Waals surface area contributed by atoms with Crippen LogP contribution in [0.1, 0.15) is 20.3 Å². The highest BCUT2D eigenvalue weighted by atomic mass is 32.2. The number of carbonyl (C=O) groups is 1. The van der Waals surface area contributed by atoms with E-state index in [9.17, 15) is 13.2 Å². The zero-order valence-corrected chi connectivity index (χ0v) is 17.3. The fourth-order valence-electron chi connectivity index (χ4n) is 2.83. The molecule has 0 saturated carbocycles. The molecule has 0 unspecified atom stereocenters. The number of hydrogen-bond donors (Lipinski definition) is 1. The minimum absolute atomic E-state index is 0.299. The number of ether oxygens (including phenoxy) is 2. The Morgan fingerprint density at radius 2 is 1.79 bits per heavy atom. The van der Waals surface area contributed by atoms with Crippen LogP contribution in [0.25, 0.3) is 0 Å². The molecule has 1 N–H and O–H groups in total. The lowest BCUT2D eigenvalue weighted by Crippen LogP contribution is -2.47. The van der Waals surface area contributed by atoms with Gasteiger partial charge in [-0.2, -0.15) is 0 Å². The predicted molar refractivity (Wildman–Crippen MR) is 111 cm³/mol. The zero-order valence-electron chi connectivity index (χ0n) is 16.5. The minimum Gasteiger partial charge on any atom is -0.497 e. The molecule has 152 valence electrons. The number of methoxy groups -OCH3 is 1. The van der Waals surface area contributed by atoms with E-state index in [1.165, 1.54) is 7.11 Å². The summed E-state index contributed by atoms with van der Waals surface area (Å²) in [4.78, 5) is 12.9. The summed E-state index contributed by atoms with van der Waals surface area (Å²) in [6, 6.07) is 12.6. The summed E-state index contributed by atoms with van der Waals surface area (Å²) in [5.74, 6) is 0.787. The van der Waals surface area contributed by atoms with Gasteiger partial charge in [-0.3, -0.25) is 9.10 Å². The third kappa shape index (κ3) is 5.39. The normalized spacial score (nSPS) is 12.1. The zero-order chi connectivity index (χ0) is 20.7. The monoisotopic (exact) mass is 406 g/mol. The summed E-state index contributed by atoms with van der Waals surface area (Å²) < 4.78 is 36.7. The molecule has 0 saturated heterocycles. The number of benzene rings is 2. The molecule has 0 heterocycles. The molecule has 2 rings (SSSR count). The minimum atomic E-state index is -3.71. The van der Waals surface area contributed by atoms with Gasteiger partial charge in [0.05, 0.1) is 25.7 Å². The summed E-state index contributed by atoms with van der Waals surface area (Å²) in [5, 5.41) is 2.78. The molecule has 7 nitrogen and oxygen atoms in total. The summed E-state index contributed by atoms with van der Waals surface area (Å²) >= 11 is 0. The number of nitrogens with zero attached hydrogens (tertiary/aromatic N) is 1. The van der Waals surface area contributed by atoms with Gasteiger partial charge in [-0.05, 0) is 49.7 Å². The molecule has 2 aromatic carbocycles. The van der Waals surface area contributed by atoms with Gasteiger partial charge in [-0.15, -0.1) is 0 Å². The Balaban J connectivity index is 2.30. The van der Waals surface area contributed by atoms with E-state index in [1.54, 1.807) is 55.5 Å². The van der Waals surface area contributed by atoms with Gasteiger partial charge in [0.2, 0.25) is 15.9 Å². The fraction of sp³-hybridized carbons (Fsp3) is 0.350. The van der Waals surface area contributed by atoms with Crippen molar-refractivity contribution in [2.75, 3.05) is 29.6 Å². The van der Waals surface area contributed by atoms with Crippen molar-refractivity contribution in [2.45, 2.75) is 26.3 Å². The van der Waals surface area contributed by atoms with Gasteiger partial charge in [0, 0.05) is 11.8 Å². The average Bonchev–Trinajstić information content (AvgIpc) is 2.66. The maximum Gasteiger partial charge on any atom is 0.248 e. The first-order valence-electron chi connectivity index (χ1n) is 8.97. The predicted octanol–water partition coefficient (Wildman–Crippen LogP) is 3.28. The van der Waals surface area contributed by atoms with Crippen LogP contribution in [0.2, 0.25) is 0 Å². The Morgan fingerprint density at radius 1 is 1.11 bits per heavy atom. The number of hydrogen-bond acceptors (Lipinski definition) is 5. The molecular weight excluding hydrogens is 380 g/mol. The molecule has 1 amide bonds. The standard InChI is InChI=1S/C20H26N2O5S/c1-5-19(20(23)21-15-10-12-17(13-11-15)27-6-2)22(28(4,24)25)16-8-7-9-18(14-16)26-3/h7-14,19H,5-6H2,1-4H3,(H,21,23)/t19-/m1/s1. The molecule has 2 aromatic rings. The fourth-order valence-corrected chi connectivity index (χ4v) is 4.04. The lowest BCUT2D eigenvalue weighted by molar-refractivity contribution is -0.117. The number of sulfonamides is 1. The van der Waals surface area contributed by atoms with E-state index in [-0.39, 0.29) is 0 Å². The summed E-state index contributed by atoms with van der Waals surface area (Å²) in [6.45, 7) is 4.20. The van der Waals surface area contributed by atoms with E-state index in [4.69, 9.17) is 9.47 Å². The third-order valence-electron chi connectivity index (χ3n) is 4.07. The molecule has 0 fully saturated rings. The summed E-state index contributed by atoms with van der Waals surface area (Å²) in [5.41, 5.74) is 0.932. The molecule has 0 aliphatic carbocycles. The SMILES string of the molecule is CCOc1ccc(NC(=O)[C@@H](CC)N(c2cccc(OC)c2)S(C)(=O)=O)cc1. The van der Waals surface area contributed by atoms with Crippen molar-refractivity contribution in [3.63, 3.8) is 0 Å². The average molecular weight is 407 g/mol. The molecule has 0 aliphatic heterocycles. The Morgan fingerprint density at radius 3 is 2.32 bits per heavy atom. The highest BCUT2D eigenvalue weighted by Crippen LogP contribution is 2.27. The van der Waals surface area contributed by atoms with Crippen LogP contribution < -0.4 is 19.1 Å². The molecule has 0 aliphatic rings. The van der Waals surface area contributed by atoms with Crippen molar-refractivity contribution in [2.24, 2.45) is 0 Å². The number of carbonyl (C=O) groups excluding carboxylic acids is 1. The molecule has 28 heavy (non-hydrogen) atoms. The second kappa shape index (κ2) is 9.45. The summed E-state index contributed by atoms with van der Waals surface area (Å²) in [6.07, 6.45) is 1.38. The van der Waals surface area contributed by atoms with E-state index in [1.807, 2.05) is 6.92 Å². The van der Waals surface area contributed by atoms with Crippen molar-refractivity contribution in [3.8, 4) is 11.5 Å². The van der Waals surface area contributed by atoms with Gasteiger partial charge in [-0.1, -0.05) is 13.0 Å². The van der Waals surface area contributed by atoms with Crippen LogP contribution >= 0.6 is 0 Å². The second-order valence-electron chi connectivity index (χ2n) is 6.13. The van der Waals surface area contributed by atoms with Crippen LogP contribution in [0.15, 0.2) is 48.5 Å². The van der Waals surface area contributed by atoms with Gasteiger partial charge in [0.25, 0.3) is 0 Å². The Bertz CT molecular complexity index is 897. The van der Waals surface area contributed by atoms with Gasteiger partial charge >= 0.3 is 0 Å². The molecule has 1 atom stereocenters. The third-order valence-corrected chi connectivity index (χ3v) is 5.25. The topological polar surface area (TPSA) is 84.9 Å². The molecule has 0 spiro atoms. The van der Waals surface area contributed by atoms with Crippen LogP contribution in [0.3, 0.4) is 0 Å². The van der Waals surface area contributed by atoms with Crippen molar-refractivity contribution in [1.82, 2.24) is 0 Å². The lowest BCUT2D eigenvalue weighted by atomic mass is 10.1. The highest BCUT2D eigenvalue weighted by Gasteiger charge is 2.31. The van der Waals surface area contributed by atoms with E-state index in [0.29, 0.717) is 35.9 Å². The molecule has 0 bridgehead atoms. The molecule has 8 heteroatoms. The highest BCUT2D eigenvalue weighted by molar-refractivity contribution is 7.92. The van der Waals surface area contributed by atoms with Crippen molar-refractivity contribution in [3.05, 3.63) is 48.5 Å². The van der Waals surface area contributed by atoms with Crippen LogP contribution in [-0.4, -0.2) is 40.3 Å². The Labute approximate surface area is 166 Å². The van der Waals surface area contributed by atoms with Crippen molar-refractivity contribution < 1.29 is 22.7 Å². The van der Waals surface area contributed by atoms with Crippen molar-refractivity contribution >= 4 is 27.3 Å². The van der Waals surface area contributed by atoms with E-state index in [2.05, 4.69) is 5.32 Å². The van der Waals surface area contributed by atoms with Crippen LogP contribution in [0, 0.1) is 0 Å². The second-order valence-corrected chi connectivity index (χ2v) is 7.99. The smallest absolute Gasteiger partial charge is 0.248 e. The van der Waals surface area contributed by atoms with E-state index >= 15 is 0 Å². The van der Waals surface area contributed by atoms with Crippen LogP contribution in [0.4, 0.5) is 11.4 Å². The summed E-state index contributed by atoms with van der Waals surface area (Å²) in [7, 11) is -2.21. The van der Waals surface area contributed by atoms with Crippen molar-refractivity contribution in [1.29, 1.82) is 0 Å². The Kier molecular flexibility index (Phi) is 7.28. The van der Waals surface area contributed by atoms with Gasteiger partial charge in [0.1, 0.15) is 17.5 Å². The first-order chi connectivity index (χ1) is 13.3. The van der Waals surface area contributed by atoms with Crippen LogP contribution in [0.5, 0.6) is 11.5 Å². The van der Waals surface area contributed by atoms with E-state index < -0.39 is 22.0 Å².